The van der Waals surface area contributed by atoms with Crippen LogP contribution in [0, 0.1) is 0 Å². The molecule has 0 N–H and O–H groups in total. The second-order valence-corrected chi connectivity index (χ2v) is 28.6. The Morgan fingerprint density at radius 3 is 0.452 bits per heavy atom. The summed E-state index contributed by atoms with van der Waals surface area (Å²) in [4.78, 5) is 0. The van der Waals surface area contributed by atoms with E-state index in [1.807, 2.05) is 0 Å². The van der Waals surface area contributed by atoms with Crippen LogP contribution in [-0.4, -0.2) is 55.5 Å². The molecular formula is C36H81CoI2P3. The van der Waals surface area contributed by atoms with E-state index >= 15 is 0 Å². The first-order chi connectivity index (χ1) is 20.5. The van der Waals surface area contributed by atoms with Gasteiger partial charge in [0, 0.05) is 0 Å². The van der Waals surface area contributed by atoms with Gasteiger partial charge in [-0.3, -0.25) is 0 Å². The molecular weight excluding hydrogens is 838 g/mol. The topological polar surface area (TPSA) is 0 Å². The van der Waals surface area contributed by atoms with Gasteiger partial charge in [-0.1, -0.05) is 120 Å². The maximum atomic E-state index is 2.31. The minimum atomic E-state index is 0.422. The summed E-state index contributed by atoms with van der Waals surface area (Å²) in [6.45, 7) is 20.8. The van der Waals surface area contributed by atoms with Crippen LogP contribution in [0.2, 0.25) is 0 Å². The first-order valence-corrected chi connectivity index (χ1v) is 30.9. The molecule has 0 heterocycles. The van der Waals surface area contributed by atoms with Crippen molar-refractivity contribution in [3.05, 3.63) is 0 Å². The second-order valence-electron chi connectivity index (χ2n) is 11.8. The molecule has 6 heteroatoms. The fourth-order valence-electron chi connectivity index (χ4n) is 4.44. The van der Waals surface area contributed by atoms with E-state index in [0.717, 1.165) is 0 Å². The minimum absolute atomic E-state index is 0.422. The molecule has 0 aliphatic carbocycles. The zero-order valence-electron chi connectivity index (χ0n) is 30.5. The van der Waals surface area contributed by atoms with E-state index in [1.165, 1.54) is 124 Å². The molecule has 42 heavy (non-hydrogen) atoms. The van der Waals surface area contributed by atoms with Crippen molar-refractivity contribution in [1.29, 1.82) is 0 Å². The zero-order valence-corrected chi connectivity index (χ0v) is 38.6. The molecule has 0 unspecified atom stereocenters. The van der Waals surface area contributed by atoms with Crippen LogP contribution in [0.25, 0.3) is 0 Å². The summed E-state index contributed by atoms with van der Waals surface area (Å²) in [5, 5.41) is 0. The van der Waals surface area contributed by atoms with Gasteiger partial charge < -0.3 is 0 Å². The summed E-state index contributed by atoms with van der Waals surface area (Å²) in [7, 11) is 2.64. The van der Waals surface area contributed by atoms with Crippen LogP contribution in [0.4, 0.5) is 0 Å². The predicted molar refractivity (Wildman–Crippen MR) is 227 cm³/mol. The van der Waals surface area contributed by atoms with Crippen LogP contribution in [-0.2, 0) is 8.26 Å². The summed E-state index contributed by atoms with van der Waals surface area (Å²) < 4.78 is 0. The molecule has 0 bridgehead atoms. The zero-order chi connectivity index (χ0) is 32.5. The number of rotatable bonds is 27. The fraction of sp³-hybridized carbons (Fsp3) is 1.00. The molecule has 0 atom stereocenters. The molecule has 0 radical (unpaired) electrons. The van der Waals surface area contributed by atoms with Crippen LogP contribution >= 0.6 is 64.6 Å². The Balaban J connectivity index is -0.000000246. The molecule has 0 saturated heterocycles. The molecule has 0 fully saturated rings. The first-order valence-electron chi connectivity index (χ1n) is 18.5. The molecule has 0 nitrogen and oxygen atoms in total. The van der Waals surface area contributed by atoms with Gasteiger partial charge in [-0.15, -0.1) is 23.8 Å². The Morgan fingerprint density at radius 2 is 0.381 bits per heavy atom. The molecule has 263 valence electrons. The van der Waals surface area contributed by atoms with Crippen LogP contribution in [0.5, 0.6) is 0 Å². The molecule has 0 spiro atoms. The van der Waals surface area contributed by atoms with Gasteiger partial charge in [-0.25, -0.2) is 0 Å². The number of hydrogen-bond acceptors (Lipinski definition) is 0. The van der Waals surface area contributed by atoms with E-state index in [0.29, 0.717) is 23.8 Å². The number of halogens is 2. The van der Waals surface area contributed by atoms with E-state index in [-0.39, 0.29) is 0 Å². The molecule has 0 aromatic rings. The summed E-state index contributed by atoms with van der Waals surface area (Å²) in [6.07, 6.45) is 39.6. The summed E-state index contributed by atoms with van der Waals surface area (Å²) in [5.74, 6) is 0. The van der Waals surface area contributed by atoms with E-state index < -0.39 is 0 Å². The van der Waals surface area contributed by atoms with E-state index in [1.54, 1.807) is 55.5 Å². The summed E-state index contributed by atoms with van der Waals surface area (Å²) >= 11 is 4.49. The van der Waals surface area contributed by atoms with Gasteiger partial charge in [0.2, 0.25) is 0 Å². The molecule has 0 aromatic carbocycles. The maximum absolute atomic E-state index is 2.31. The van der Waals surface area contributed by atoms with Gasteiger partial charge in [0.25, 0.3) is 0 Å². The molecule has 0 saturated carbocycles. The van der Waals surface area contributed by atoms with Crippen molar-refractivity contribution in [1.82, 2.24) is 0 Å². The average molecular weight is 920 g/mol. The van der Waals surface area contributed by atoms with Gasteiger partial charge in [0.05, 0.1) is 0 Å². The standard InChI is InChI=1S/3C12H27P.Co.2HI/c3*1-4-7-10-13(11-8-5-2)12-9-6-3;;;/h3*4-12H2,1-3H3;;2*1H/q;;;+2;;/p-2. The molecule has 0 aromatic heterocycles. The van der Waals surface area contributed by atoms with Crippen molar-refractivity contribution >= 4 is 64.6 Å². The molecule has 0 amide bonds. The van der Waals surface area contributed by atoms with E-state index in [4.69, 9.17) is 0 Å². The first kappa shape index (κ1) is 52.1. The molecule has 0 rings (SSSR count). The third kappa shape index (κ3) is 50.1. The van der Waals surface area contributed by atoms with Crippen molar-refractivity contribution in [2.75, 3.05) is 55.5 Å². The third-order valence-electron chi connectivity index (χ3n) is 7.45. The Bertz CT molecular complexity index is 305. The predicted octanol–water partition coefficient (Wildman–Crippen LogP) is 16.4. The number of unbranched alkanes of at least 4 members (excludes halogenated alkanes) is 9. The second kappa shape index (κ2) is 51.1. The van der Waals surface area contributed by atoms with Crippen LogP contribution in [0.1, 0.15) is 178 Å². The van der Waals surface area contributed by atoms with Gasteiger partial charge in [-0.2, -0.15) is 0 Å². The van der Waals surface area contributed by atoms with Crippen molar-refractivity contribution in [2.45, 2.75) is 178 Å². The van der Waals surface area contributed by atoms with Gasteiger partial charge >= 0.3 is 49.1 Å². The summed E-state index contributed by atoms with van der Waals surface area (Å²) in [6, 6.07) is 0. The Morgan fingerprint density at radius 1 is 0.286 bits per heavy atom. The van der Waals surface area contributed by atoms with E-state index in [9.17, 15) is 0 Å². The van der Waals surface area contributed by atoms with Gasteiger partial charge in [0.15, 0.2) is 0 Å². The average Bonchev–Trinajstić information content (AvgIpc) is 3.01. The number of hydrogen-bond donors (Lipinski definition) is 0. The van der Waals surface area contributed by atoms with Crippen molar-refractivity contribution < 1.29 is 8.26 Å². The van der Waals surface area contributed by atoms with Crippen LogP contribution in [0.15, 0.2) is 0 Å². The van der Waals surface area contributed by atoms with Crippen molar-refractivity contribution in [2.24, 2.45) is 0 Å². The Hall–Kier alpha value is 3.26. The SMILES string of the molecule is CCCCP(CCCC)CCCC.CCCCP(CCCC)CCCC.CCCCP(CCCC)CCCC.[I][Co][I]. The quantitative estimate of drug-likeness (QED) is 0.0569. The van der Waals surface area contributed by atoms with Crippen molar-refractivity contribution in [3.63, 3.8) is 0 Å². The van der Waals surface area contributed by atoms with Gasteiger partial charge in [0.1, 0.15) is 0 Å². The third-order valence-corrected chi connectivity index (χ3v) is 16.0. The molecule has 0 aliphatic rings. The van der Waals surface area contributed by atoms with Crippen LogP contribution in [0.3, 0.4) is 0 Å². The molecule has 0 aliphatic heterocycles. The normalized spacial score (nSPS) is 10.8. The fourth-order valence-corrected chi connectivity index (χ4v) is 13.3. The van der Waals surface area contributed by atoms with Crippen LogP contribution < -0.4 is 0 Å². The Labute approximate surface area is 303 Å². The Kier molecular flexibility index (Phi) is 63.4. The van der Waals surface area contributed by atoms with Crippen molar-refractivity contribution in [3.8, 4) is 0 Å². The monoisotopic (exact) mass is 919 g/mol. The summed E-state index contributed by atoms with van der Waals surface area (Å²) in [5.41, 5.74) is 0. The van der Waals surface area contributed by atoms with Gasteiger partial charge in [-0.05, 0) is 113 Å². The van der Waals surface area contributed by atoms with E-state index in [2.05, 4.69) is 103 Å².